The van der Waals surface area contributed by atoms with Crippen LogP contribution in [0.3, 0.4) is 0 Å². The molecular weight excluding hydrogens is 244 g/mol. The molecule has 0 bridgehead atoms. The van der Waals surface area contributed by atoms with Crippen LogP contribution in [0.15, 0.2) is 18.3 Å². The number of pyridine rings is 1. The summed E-state index contributed by atoms with van der Waals surface area (Å²) in [7, 11) is 1.89. The molecule has 6 nitrogen and oxygen atoms in total. The Bertz CT molecular complexity index is 619. The highest BCUT2D eigenvalue weighted by atomic mass is 16.4. The highest BCUT2D eigenvalue weighted by Gasteiger charge is 2.09. The molecule has 0 unspecified atom stereocenters. The van der Waals surface area contributed by atoms with Crippen LogP contribution in [0.4, 0.5) is 5.82 Å². The van der Waals surface area contributed by atoms with Crippen LogP contribution in [0.1, 0.15) is 27.3 Å². The summed E-state index contributed by atoms with van der Waals surface area (Å²) in [6.45, 7) is 4.29. The van der Waals surface area contributed by atoms with Crippen molar-refractivity contribution in [1.82, 2.24) is 14.8 Å². The molecule has 0 aliphatic carbocycles. The summed E-state index contributed by atoms with van der Waals surface area (Å²) < 4.78 is 1.81. The Morgan fingerprint density at radius 1 is 1.42 bits per heavy atom. The number of hydrogen-bond donors (Lipinski definition) is 2. The zero-order valence-corrected chi connectivity index (χ0v) is 11.1. The first-order valence-electron chi connectivity index (χ1n) is 5.91. The third kappa shape index (κ3) is 2.73. The highest BCUT2D eigenvalue weighted by Crippen LogP contribution is 2.13. The summed E-state index contributed by atoms with van der Waals surface area (Å²) >= 11 is 0. The highest BCUT2D eigenvalue weighted by molar-refractivity contribution is 5.89. The number of aromatic nitrogens is 3. The second-order valence-corrected chi connectivity index (χ2v) is 4.37. The molecule has 2 rings (SSSR count). The monoisotopic (exact) mass is 260 g/mol. The van der Waals surface area contributed by atoms with Crippen LogP contribution in [0, 0.1) is 13.8 Å². The van der Waals surface area contributed by atoms with Crippen LogP contribution in [-0.4, -0.2) is 25.8 Å². The number of hydrogen-bond acceptors (Lipinski definition) is 4. The quantitative estimate of drug-likeness (QED) is 0.875. The number of carboxylic acids is 1. The lowest BCUT2D eigenvalue weighted by atomic mass is 10.2. The standard InChI is InChI=1S/C13H16N4O2/c1-8-11(13(18)19)4-5-12(16-8)14-6-10-7-15-17(3)9(10)2/h4-5,7H,6H2,1-3H3,(H,14,16)(H,18,19). The number of aryl methyl sites for hydroxylation is 2. The molecule has 0 aromatic carbocycles. The fraction of sp³-hybridized carbons (Fsp3) is 0.308. The van der Waals surface area contributed by atoms with Gasteiger partial charge in [0.05, 0.1) is 17.5 Å². The first kappa shape index (κ1) is 13.1. The van der Waals surface area contributed by atoms with Crippen LogP contribution in [-0.2, 0) is 13.6 Å². The van der Waals surface area contributed by atoms with E-state index >= 15 is 0 Å². The minimum absolute atomic E-state index is 0.225. The van der Waals surface area contributed by atoms with Crippen LogP contribution < -0.4 is 5.32 Å². The van der Waals surface area contributed by atoms with Crippen molar-refractivity contribution in [2.75, 3.05) is 5.32 Å². The van der Waals surface area contributed by atoms with E-state index in [1.54, 1.807) is 25.3 Å². The van der Waals surface area contributed by atoms with Crippen LogP contribution in [0.5, 0.6) is 0 Å². The van der Waals surface area contributed by atoms with Gasteiger partial charge in [0.2, 0.25) is 0 Å². The van der Waals surface area contributed by atoms with Crippen molar-refractivity contribution in [3.63, 3.8) is 0 Å². The fourth-order valence-corrected chi connectivity index (χ4v) is 1.79. The summed E-state index contributed by atoms with van der Waals surface area (Å²) in [6.07, 6.45) is 1.81. The average Bonchev–Trinajstić information content (AvgIpc) is 2.67. The Morgan fingerprint density at radius 3 is 2.68 bits per heavy atom. The number of aromatic carboxylic acids is 1. The number of carbonyl (C=O) groups is 1. The third-order valence-electron chi connectivity index (χ3n) is 3.11. The Kier molecular flexibility index (Phi) is 3.50. The van der Waals surface area contributed by atoms with Gasteiger partial charge in [0, 0.05) is 24.8 Å². The molecular formula is C13H16N4O2. The molecule has 0 aliphatic heterocycles. The lowest BCUT2D eigenvalue weighted by Gasteiger charge is -2.07. The summed E-state index contributed by atoms with van der Waals surface area (Å²) in [5.41, 5.74) is 2.90. The Balaban J connectivity index is 2.10. The van der Waals surface area contributed by atoms with Gasteiger partial charge in [-0.05, 0) is 26.0 Å². The van der Waals surface area contributed by atoms with E-state index in [0.29, 0.717) is 18.1 Å². The van der Waals surface area contributed by atoms with Gasteiger partial charge in [-0.25, -0.2) is 9.78 Å². The van der Waals surface area contributed by atoms with Crippen LogP contribution in [0.2, 0.25) is 0 Å². The summed E-state index contributed by atoms with van der Waals surface area (Å²) in [5.74, 6) is -0.301. The van der Waals surface area contributed by atoms with Gasteiger partial charge < -0.3 is 10.4 Å². The molecule has 2 aromatic heterocycles. The maximum Gasteiger partial charge on any atom is 0.337 e. The van der Waals surface area contributed by atoms with Gasteiger partial charge in [-0.15, -0.1) is 0 Å². The SMILES string of the molecule is Cc1nc(NCc2cnn(C)c2C)ccc1C(=O)O. The fourth-order valence-electron chi connectivity index (χ4n) is 1.79. The predicted octanol–water partition coefficient (Wildman–Crippen LogP) is 1.74. The summed E-state index contributed by atoms with van der Waals surface area (Å²) in [5, 5.41) is 16.3. The maximum absolute atomic E-state index is 10.9. The second kappa shape index (κ2) is 5.09. The zero-order valence-electron chi connectivity index (χ0n) is 11.1. The molecule has 0 fully saturated rings. The molecule has 0 spiro atoms. The number of anilines is 1. The zero-order chi connectivity index (χ0) is 14.0. The van der Waals surface area contributed by atoms with Gasteiger partial charge in [-0.1, -0.05) is 0 Å². The van der Waals surface area contributed by atoms with Gasteiger partial charge in [0.15, 0.2) is 0 Å². The topological polar surface area (TPSA) is 80.0 Å². The first-order chi connectivity index (χ1) is 8.99. The molecule has 2 heterocycles. The van der Waals surface area contributed by atoms with Crippen molar-refractivity contribution in [2.45, 2.75) is 20.4 Å². The van der Waals surface area contributed by atoms with E-state index in [9.17, 15) is 4.79 Å². The number of nitrogens with zero attached hydrogens (tertiary/aromatic N) is 3. The molecule has 6 heteroatoms. The minimum Gasteiger partial charge on any atom is -0.478 e. The molecule has 2 N–H and O–H groups in total. The number of carboxylic acid groups (broad SMARTS) is 1. The van der Waals surface area contributed by atoms with Crippen molar-refractivity contribution in [3.05, 3.63) is 40.8 Å². The normalized spacial score (nSPS) is 10.5. The molecule has 0 saturated carbocycles. The molecule has 0 saturated heterocycles. The van der Waals surface area contributed by atoms with Gasteiger partial charge in [-0.2, -0.15) is 5.10 Å². The van der Waals surface area contributed by atoms with Gasteiger partial charge in [-0.3, -0.25) is 4.68 Å². The van der Waals surface area contributed by atoms with E-state index in [1.807, 2.05) is 18.7 Å². The average molecular weight is 260 g/mol. The van der Waals surface area contributed by atoms with Crippen molar-refractivity contribution in [2.24, 2.45) is 7.05 Å². The van der Waals surface area contributed by atoms with E-state index in [4.69, 9.17) is 5.11 Å². The summed E-state index contributed by atoms with van der Waals surface area (Å²) in [6, 6.07) is 3.23. The molecule has 2 aromatic rings. The largest absolute Gasteiger partial charge is 0.478 e. The van der Waals surface area contributed by atoms with Crippen molar-refractivity contribution < 1.29 is 9.90 Å². The summed E-state index contributed by atoms with van der Waals surface area (Å²) in [4.78, 5) is 15.1. The Labute approximate surface area is 111 Å². The van der Waals surface area contributed by atoms with E-state index in [2.05, 4.69) is 15.4 Å². The first-order valence-corrected chi connectivity index (χ1v) is 5.91. The maximum atomic E-state index is 10.9. The number of nitrogens with one attached hydrogen (secondary N) is 1. The molecule has 100 valence electrons. The van der Waals surface area contributed by atoms with Crippen molar-refractivity contribution in [3.8, 4) is 0 Å². The van der Waals surface area contributed by atoms with E-state index in [0.717, 1.165) is 11.3 Å². The van der Waals surface area contributed by atoms with Crippen molar-refractivity contribution in [1.29, 1.82) is 0 Å². The lowest BCUT2D eigenvalue weighted by molar-refractivity contribution is 0.0695. The molecule has 0 atom stereocenters. The Morgan fingerprint density at radius 2 is 2.16 bits per heavy atom. The van der Waals surface area contributed by atoms with Crippen molar-refractivity contribution >= 4 is 11.8 Å². The van der Waals surface area contributed by atoms with Crippen LogP contribution >= 0.6 is 0 Å². The lowest BCUT2D eigenvalue weighted by Crippen LogP contribution is -2.06. The second-order valence-electron chi connectivity index (χ2n) is 4.37. The molecule has 0 aliphatic rings. The van der Waals surface area contributed by atoms with Gasteiger partial charge in [0.1, 0.15) is 5.82 Å². The number of rotatable bonds is 4. The minimum atomic E-state index is -0.959. The Hall–Kier alpha value is -2.37. The predicted molar refractivity (Wildman–Crippen MR) is 71.2 cm³/mol. The molecule has 19 heavy (non-hydrogen) atoms. The van der Waals surface area contributed by atoms with Gasteiger partial charge >= 0.3 is 5.97 Å². The van der Waals surface area contributed by atoms with Gasteiger partial charge in [0.25, 0.3) is 0 Å². The third-order valence-corrected chi connectivity index (χ3v) is 3.11. The van der Waals surface area contributed by atoms with Crippen LogP contribution in [0.25, 0.3) is 0 Å². The molecule has 0 amide bonds. The smallest absolute Gasteiger partial charge is 0.337 e. The van der Waals surface area contributed by atoms with E-state index < -0.39 is 5.97 Å². The molecule has 0 radical (unpaired) electrons. The van der Waals surface area contributed by atoms with E-state index in [-0.39, 0.29) is 5.56 Å². The van der Waals surface area contributed by atoms with E-state index in [1.165, 1.54) is 0 Å².